The van der Waals surface area contributed by atoms with E-state index in [1.165, 1.54) is 24.8 Å². The van der Waals surface area contributed by atoms with Crippen LogP contribution in [-0.2, 0) is 0 Å². The van der Waals surface area contributed by atoms with Gasteiger partial charge in [0.15, 0.2) is 0 Å². The highest BCUT2D eigenvalue weighted by atomic mass is 35.5. The first-order chi connectivity index (χ1) is 6.88. The Hall–Kier alpha value is -0.530. The van der Waals surface area contributed by atoms with Crippen molar-refractivity contribution in [1.29, 1.82) is 0 Å². The van der Waals surface area contributed by atoms with E-state index < -0.39 is 0 Å². The highest BCUT2D eigenvalue weighted by Crippen LogP contribution is 2.31. The quantitative estimate of drug-likeness (QED) is 0.749. The third-order valence-electron chi connectivity index (χ3n) is 2.92. The van der Waals surface area contributed by atoms with Crippen molar-refractivity contribution in [2.75, 3.05) is 13.1 Å². The van der Waals surface area contributed by atoms with E-state index in [1.807, 2.05) is 12.1 Å². The molecule has 14 heavy (non-hydrogen) atoms. The monoisotopic (exact) mass is 209 g/mol. The summed E-state index contributed by atoms with van der Waals surface area (Å²) in [7, 11) is 0. The molecule has 0 amide bonds. The largest absolute Gasteiger partial charge is 0.317 e. The molecule has 1 saturated heterocycles. The second kappa shape index (κ2) is 4.81. The van der Waals surface area contributed by atoms with Gasteiger partial charge >= 0.3 is 0 Å². The van der Waals surface area contributed by atoms with Gasteiger partial charge in [0.1, 0.15) is 0 Å². The number of rotatable bonds is 1. The van der Waals surface area contributed by atoms with Crippen LogP contribution in [0, 0.1) is 0 Å². The van der Waals surface area contributed by atoms with Gasteiger partial charge in [-0.3, -0.25) is 0 Å². The van der Waals surface area contributed by atoms with E-state index in [9.17, 15) is 0 Å². The molecule has 0 aromatic heterocycles. The third-order valence-corrected chi connectivity index (χ3v) is 3.26. The van der Waals surface area contributed by atoms with E-state index in [0.717, 1.165) is 18.1 Å². The molecule has 76 valence electrons. The highest BCUT2D eigenvalue weighted by Gasteiger charge is 2.15. The van der Waals surface area contributed by atoms with E-state index in [0.29, 0.717) is 5.92 Å². The Bertz CT molecular complexity index is 290. The SMILES string of the molecule is Clc1ccccc1C1CCCNCC1. The molecule has 1 aliphatic heterocycles. The molecule has 0 saturated carbocycles. The van der Waals surface area contributed by atoms with Gasteiger partial charge in [-0.05, 0) is 49.9 Å². The predicted octanol–water partition coefficient (Wildman–Crippen LogP) is 3.20. The Morgan fingerprint density at radius 3 is 2.86 bits per heavy atom. The van der Waals surface area contributed by atoms with Gasteiger partial charge in [-0.25, -0.2) is 0 Å². The first kappa shape index (κ1) is 10.0. The molecule has 1 aromatic rings. The number of hydrogen-bond acceptors (Lipinski definition) is 1. The van der Waals surface area contributed by atoms with Crippen LogP contribution in [0.25, 0.3) is 0 Å². The molecule has 0 spiro atoms. The lowest BCUT2D eigenvalue weighted by atomic mass is 9.92. The molecule has 1 heterocycles. The minimum absolute atomic E-state index is 0.652. The first-order valence-electron chi connectivity index (χ1n) is 5.33. The Morgan fingerprint density at radius 1 is 1.14 bits per heavy atom. The van der Waals surface area contributed by atoms with Crippen LogP contribution in [0.5, 0.6) is 0 Å². The van der Waals surface area contributed by atoms with Gasteiger partial charge < -0.3 is 5.32 Å². The predicted molar refractivity (Wildman–Crippen MR) is 60.9 cm³/mol. The van der Waals surface area contributed by atoms with Crippen LogP contribution in [0.15, 0.2) is 24.3 Å². The fraction of sp³-hybridized carbons (Fsp3) is 0.500. The van der Waals surface area contributed by atoms with E-state index in [4.69, 9.17) is 11.6 Å². The minimum atomic E-state index is 0.652. The van der Waals surface area contributed by atoms with Crippen molar-refractivity contribution in [3.05, 3.63) is 34.9 Å². The summed E-state index contributed by atoms with van der Waals surface area (Å²) >= 11 is 6.19. The lowest BCUT2D eigenvalue weighted by Crippen LogP contribution is -2.13. The van der Waals surface area contributed by atoms with Gasteiger partial charge in [0.2, 0.25) is 0 Å². The summed E-state index contributed by atoms with van der Waals surface area (Å²) in [5.74, 6) is 0.652. The van der Waals surface area contributed by atoms with Gasteiger partial charge in [0.25, 0.3) is 0 Å². The zero-order valence-electron chi connectivity index (χ0n) is 8.30. The lowest BCUT2D eigenvalue weighted by Gasteiger charge is -2.15. The zero-order chi connectivity index (χ0) is 9.80. The van der Waals surface area contributed by atoms with Crippen LogP contribution in [0.3, 0.4) is 0 Å². The normalized spacial score (nSPS) is 23.1. The van der Waals surface area contributed by atoms with Crippen LogP contribution >= 0.6 is 11.6 Å². The van der Waals surface area contributed by atoms with Crippen molar-refractivity contribution < 1.29 is 0 Å². The number of hydrogen-bond donors (Lipinski definition) is 1. The Labute approximate surface area is 90.5 Å². The maximum Gasteiger partial charge on any atom is 0.0440 e. The van der Waals surface area contributed by atoms with Crippen LogP contribution in [0.2, 0.25) is 5.02 Å². The maximum atomic E-state index is 6.19. The van der Waals surface area contributed by atoms with Crippen LogP contribution < -0.4 is 5.32 Å². The summed E-state index contributed by atoms with van der Waals surface area (Å²) in [5.41, 5.74) is 1.33. The van der Waals surface area contributed by atoms with Crippen molar-refractivity contribution in [2.45, 2.75) is 25.2 Å². The number of benzene rings is 1. The molecule has 1 aliphatic rings. The van der Waals surface area contributed by atoms with Crippen molar-refractivity contribution in [3.63, 3.8) is 0 Å². The molecule has 1 unspecified atom stereocenters. The molecule has 1 atom stereocenters. The Balaban J connectivity index is 2.16. The Morgan fingerprint density at radius 2 is 2.00 bits per heavy atom. The highest BCUT2D eigenvalue weighted by molar-refractivity contribution is 6.31. The third kappa shape index (κ3) is 2.28. The topological polar surface area (TPSA) is 12.0 Å². The second-order valence-corrected chi connectivity index (χ2v) is 4.31. The first-order valence-corrected chi connectivity index (χ1v) is 5.71. The minimum Gasteiger partial charge on any atom is -0.317 e. The average Bonchev–Trinajstić information content (AvgIpc) is 2.47. The van der Waals surface area contributed by atoms with Crippen molar-refractivity contribution >= 4 is 11.6 Å². The van der Waals surface area contributed by atoms with E-state index in [2.05, 4.69) is 17.4 Å². The number of nitrogens with one attached hydrogen (secondary N) is 1. The fourth-order valence-electron chi connectivity index (χ4n) is 2.14. The van der Waals surface area contributed by atoms with Crippen LogP contribution in [0.1, 0.15) is 30.7 Å². The molecule has 1 N–H and O–H groups in total. The van der Waals surface area contributed by atoms with Gasteiger partial charge in [-0.15, -0.1) is 0 Å². The summed E-state index contributed by atoms with van der Waals surface area (Å²) in [6.45, 7) is 2.27. The standard InChI is InChI=1S/C12H16ClN/c13-12-6-2-1-5-11(12)10-4-3-8-14-9-7-10/h1-2,5-6,10,14H,3-4,7-9H2. The van der Waals surface area contributed by atoms with Gasteiger partial charge in [-0.2, -0.15) is 0 Å². The summed E-state index contributed by atoms with van der Waals surface area (Å²) in [6, 6.07) is 8.24. The van der Waals surface area contributed by atoms with Gasteiger partial charge in [-0.1, -0.05) is 29.8 Å². The summed E-state index contributed by atoms with van der Waals surface area (Å²) < 4.78 is 0. The number of halogens is 1. The summed E-state index contributed by atoms with van der Waals surface area (Å²) in [5, 5.41) is 4.35. The van der Waals surface area contributed by atoms with Gasteiger partial charge in [0, 0.05) is 5.02 Å². The molecular weight excluding hydrogens is 194 g/mol. The van der Waals surface area contributed by atoms with Crippen molar-refractivity contribution in [2.24, 2.45) is 0 Å². The molecule has 2 heteroatoms. The average molecular weight is 210 g/mol. The molecule has 0 bridgehead atoms. The molecule has 0 radical (unpaired) electrons. The lowest BCUT2D eigenvalue weighted by molar-refractivity contribution is 0.610. The van der Waals surface area contributed by atoms with Crippen molar-refractivity contribution in [3.8, 4) is 0 Å². The van der Waals surface area contributed by atoms with Gasteiger partial charge in [0.05, 0.1) is 0 Å². The van der Waals surface area contributed by atoms with Crippen LogP contribution in [0.4, 0.5) is 0 Å². The molecule has 1 fully saturated rings. The van der Waals surface area contributed by atoms with E-state index in [1.54, 1.807) is 0 Å². The smallest absolute Gasteiger partial charge is 0.0440 e. The Kier molecular flexibility index (Phi) is 3.44. The maximum absolute atomic E-state index is 6.19. The molecular formula is C12H16ClN. The summed E-state index contributed by atoms with van der Waals surface area (Å²) in [6.07, 6.45) is 3.73. The van der Waals surface area contributed by atoms with E-state index in [-0.39, 0.29) is 0 Å². The fourth-order valence-corrected chi connectivity index (χ4v) is 2.43. The second-order valence-electron chi connectivity index (χ2n) is 3.90. The molecule has 1 nitrogen and oxygen atoms in total. The van der Waals surface area contributed by atoms with E-state index >= 15 is 0 Å². The molecule has 0 aliphatic carbocycles. The van der Waals surface area contributed by atoms with Crippen molar-refractivity contribution in [1.82, 2.24) is 5.32 Å². The molecule has 1 aromatic carbocycles. The molecule has 2 rings (SSSR count). The summed E-state index contributed by atoms with van der Waals surface area (Å²) in [4.78, 5) is 0. The van der Waals surface area contributed by atoms with Crippen LogP contribution in [-0.4, -0.2) is 13.1 Å². The zero-order valence-corrected chi connectivity index (χ0v) is 9.06.